The van der Waals surface area contributed by atoms with Gasteiger partial charge >= 0.3 is 7.12 Å². The van der Waals surface area contributed by atoms with E-state index in [0.29, 0.717) is 5.56 Å². The largest absolute Gasteiger partial charge is 0.490 e. The molecule has 0 spiro atoms. The number of halogens is 1. The molecule has 0 atom stereocenters. The van der Waals surface area contributed by atoms with E-state index in [9.17, 15) is 0 Å². The van der Waals surface area contributed by atoms with Gasteiger partial charge in [-0.15, -0.1) is 0 Å². The van der Waals surface area contributed by atoms with Gasteiger partial charge in [0.2, 0.25) is 0 Å². The van der Waals surface area contributed by atoms with Crippen LogP contribution < -0.4 is 5.46 Å². The maximum Gasteiger partial charge on any atom is 0.490 e. The van der Waals surface area contributed by atoms with Crippen molar-refractivity contribution in [3.8, 4) is 6.07 Å². The third-order valence-corrected chi connectivity index (χ3v) is 2.07. The van der Waals surface area contributed by atoms with E-state index in [2.05, 4.69) is 0 Å². The molecule has 0 fully saturated rings. The van der Waals surface area contributed by atoms with Crippen molar-refractivity contribution in [1.82, 2.24) is 0 Å². The molecule has 0 aliphatic rings. The zero-order valence-corrected chi connectivity index (χ0v) is 7.71. The van der Waals surface area contributed by atoms with Gasteiger partial charge in [0.1, 0.15) is 0 Å². The topological polar surface area (TPSA) is 64.2 Å². The normalized spacial score (nSPS) is 9.46. The van der Waals surface area contributed by atoms with Crippen LogP contribution in [-0.4, -0.2) is 17.2 Å². The molecule has 0 aromatic heterocycles. The molecule has 0 heterocycles. The molecular weight excluding hydrogens is 188 g/mol. The lowest BCUT2D eigenvalue weighted by atomic mass is 9.79. The third kappa shape index (κ3) is 2.01. The predicted octanol–water partition coefficient (Wildman–Crippen LogP) is 0.200. The second-order valence-electron chi connectivity index (χ2n) is 2.67. The minimum absolute atomic E-state index is 0.156. The van der Waals surface area contributed by atoms with Gasteiger partial charge in [0.05, 0.1) is 11.6 Å². The minimum Gasteiger partial charge on any atom is -0.423 e. The highest BCUT2D eigenvalue weighted by atomic mass is 35.5. The maximum atomic E-state index is 8.88. The summed E-state index contributed by atoms with van der Waals surface area (Å²) >= 11 is 5.72. The zero-order chi connectivity index (χ0) is 10.0. The molecule has 0 aliphatic heterocycles. The van der Waals surface area contributed by atoms with E-state index >= 15 is 0 Å². The Hall–Kier alpha value is -1.02. The summed E-state index contributed by atoms with van der Waals surface area (Å²) in [4.78, 5) is 0. The molecule has 0 saturated carbocycles. The summed E-state index contributed by atoms with van der Waals surface area (Å²) in [7, 11) is -1.64. The Balaban J connectivity index is 3.33. The van der Waals surface area contributed by atoms with Crippen molar-refractivity contribution in [2.75, 3.05) is 0 Å². The molecule has 0 aliphatic carbocycles. The number of aryl methyl sites for hydroxylation is 1. The van der Waals surface area contributed by atoms with Crippen molar-refractivity contribution in [2.24, 2.45) is 0 Å². The van der Waals surface area contributed by atoms with Crippen molar-refractivity contribution in [3.05, 3.63) is 28.3 Å². The Morgan fingerprint density at radius 2 is 2.08 bits per heavy atom. The second kappa shape index (κ2) is 3.80. The zero-order valence-electron chi connectivity index (χ0n) is 6.95. The Morgan fingerprint density at radius 3 is 2.54 bits per heavy atom. The summed E-state index contributed by atoms with van der Waals surface area (Å²) in [6, 6.07) is 4.85. The maximum absolute atomic E-state index is 8.88. The van der Waals surface area contributed by atoms with Crippen LogP contribution >= 0.6 is 11.6 Å². The molecule has 13 heavy (non-hydrogen) atoms. The molecule has 2 N–H and O–H groups in total. The number of nitriles is 1. The first-order valence-electron chi connectivity index (χ1n) is 3.62. The van der Waals surface area contributed by atoms with Gasteiger partial charge in [-0.05, 0) is 24.6 Å². The fourth-order valence-electron chi connectivity index (χ4n) is 1.01. The van der Waals surface area contributed by atoms with Crippen molar-refractivity contribution >= 4 is 24.2 Å². The molecule has 3 nitrogen and oxygen atoms in total. The van der Waals surface area contributed by atoms with Crippen LogP contribution in [0.2, 0.25) is 5.02 Å². The third-order valence-electron chi connectivity index (χ3n) is 1.74. The Kier molecular flexibility index (Phi) is 2.94. The summed E-state index contributed by atoms with van der Waals surface area (Å²) in [5, 5.41) is 26.7. The first-order valence-corrected chi connectivity index (χ1v) is 4.00. The number of benzene rings is 1. The van der Waals surface area contributed by atoms with Gasteiger partial charge in [-0.2, -0.15) is 5.26 Å². The number of nitrogens with zero attached hydrogens (tertiary/aromatic N) is 1. The van der Waals surface area contributed by atoms with E-state index in [1.165, 1.54) is 12.1 Å². The highest BCUT2D eigenvalue weighted by Gasteiger charge is 2.16. The molecular formula is C8H7BClNO2. The summed E-state index contributed by atoms with van der Waals surface area (Å²) in [5.74, 6) is 0. The predicted molar refractivity (Wildman–Crippen MR) is 50.7 cm³/mol. The lowest BCUT2D eigenvalue weighted by Gasteiger charge is -2.05. The first kappa shape index (κ1) is 10.1. The van der Waals surface area contributed by atoms with Crippen molar-refractivity contribution in [2.45, 2.75) is 6.92 Å². The highest BCUT2D eigenvalue weighted by molar-refractivity contribution is 6.62. The van der Waals surface area contributed by atoms with E-state index < -0.39 is 7.12 Å². The highest BCUT2D eigenvalue weighted by Crippen LogP contribution is 2.12. The van der Waals surface area contributed by atoms with Crippen LogP contribution in [0, 0.1) is 18.3 Å². The molecule has 1 rings (SSSR count). The van der Waals surface area contributed by atoms with Crippen molar-refractivity contribution < 1.29 is 10.0 Å². The van der Waals surface area contributed by atoms with E-state index in [1.807, 2.05) is 6.07 Å². The van der Waals surface area contributed by atoms with Gasteiger partial charge in [0.25, 0.3) is 0 Å². The summed E-state index contributed by atoms with van der Waals surface area (Å²) < 4.78 is 0. The van der Waals surface area contributed by atoms with Gasteiger partial charge < -0.3 is 10.0 Å². The molecule has 1 aromatic rings. The molecule has 0 amide bonds. The minimum atomic E-state index is -1.64. The van der Waals surface area contributed by atoms with Crippen LogP contribution in [0.4, 0.5) is 0 Å². The van der Waals surface area contributed by atoms with Crippen LogP contribution in [0.15, 0.2) is 12.1 Å². The summed E-state index contributed by atoms with van der Waals surface area (Å²) in [5.41, 5.74) is 1.27. The molecule has 0 bridgehead atoms. The lowest BCUT2D eigenvalue weighted by molar-refractivity contribution is 0.426. The fourth-order valence-corrected chi connectivity index (χ4v) is 1.32. The van der Waals surface area contributed by atoms with Crippen LogP contribution in [-0.2, 0) is 0 Å². The Bertz CT molecular complexity index is 373. The van der Waals surface area contributed by atoms with Gasteiger partial charge in [-0.1, -0.05) is 11.6 Å². The van der Waals surface area contributed by atoms with Gasteiger partial charge in [0.15, 0.2) is 0 Å². The van der Waals surface area contributed by atoms with Crippen LogP contribution in [0.1, 0.15) is 11.1 Å². The van der Waals surface area contributed by atoms with E-state index in [-0.39, 0.29) is 10.5 Å². The monoisotopic (exact) mass is 195 g/mol. The van der Waals surface area contributed by atoms with E-state index in [0.717, 1.165) is 5.56 Å². The summed E-state index contributed by atoms with van der Waals surface area (Å²) in [6.45, 7) is 1.73. The molecule has 5 heteroatoms. The standard InChI is InChI=1S/C8H7BClNO2/c1-5-2-8(10)7(9(12)13)3-6(5)4-11/h2-3,12-13H,1H3. The summed E-state index contributed by atoms with van der Waals surface area (Å²) in [6.07, 6.45) is 0. The molecule has 0 saturated heterocycles. The van der Waals surface area contributed by atoms with Crippen molar-refractivity contribution in [3.63, 3.8) is 0 Å². The quantitative estimate of drug-likeness (QED) is 0.629. The molecule has 1 aromatic carbocycles. The Morgan fingerprint density at radius 1 is 1.46 bits per heavy atom. The average Bonchev–Trinajstić information content (AvgIpc) is 2.03. The molecule has 0 radical (unpaired) electrons. The fraction of sp³-hybridized carbons (Fsp3) is 0.125. The van der Waals surface area contributed by atoms with E-state index in [1.54, 1.807) is 6.92 Å². The number of rotatable bonds is 1. The van der Waals surface area contributed by atoms with Crippen LogP contribution in [0.25, 0.3) is 0 Å². The smallest absolute Gasteiger partial charge is 0.423 e. The van der Waals surface area contributed by atoms with E-state index in [4.69, 9.17) is 26.9 Å². The molecule has 66 valence electrons. The lowest BCUT2D eigenvalue weighted by Crippen LogP contribution is -2.31. The number of hydrogen-bond donors (Lipinski definition) is 2. The van der Waals surface area contributed by atoms with Crippen molar-refractivity contribution in [1.29, 1.82) is 5.26 Å². The Labute approximate surface area is 81.3 Å². The van der Waals surface area contributed by atoms with Gasteiger partial charge in [-0.3, -0.25) is 0 Å². The van der Waals surface area contributed by atoms with Crippen LogP contribution in [0.3, 0.4) is 0 Å². The first-order chi connectivity index (χ1) is 6.06. The van der Waals surface area contributed by atoms with Crippen LogP contribution in [0.5, 0.6) is 0 Å². The van der Waals surface area contributed by atoms with Gasteiger partial charge in [0, 0.05) is 10.5 Å². The SMILES string of the molecule is Cc1cc(Cl)c(B(O)O)cc1C#N. The second-order valence-corrected chi connectivity index (χ2v) is 3.08. The molecule has 0 unspecified atom stereocenters. The average molecular weight is 195 g/mol. The number of hydrogen-bond acceptors (Lipinski definition) is 3. The van der Waals surface area contributed by atoms with Gasteiger partial charge in [-0.25, -0.2) is 0 Å².